The summed E-state index contributed by atoms with van der Waals surface area (Å²) in [6.07, 6.45) is 1.10. The fourth-order valence-corrected chi connectivity index (χ4v) is 3.70. The number of carbonyl (C=O) groups excluding carboxylic acids is 1. The Hall–Kier alpha value is -1.68. The molecule has 0 aliphatic heterocycles. The fraction of sp³-hybridized carbons (Fsp3) is 0.500. The minimum absolute atomic E-state index is 0.0872. The second-order valence-corrected chi connectivity index (χ2v) is 8.14. The van der Waals surface area contributed by atoms with Crippen molar-refractivity contribution in [1.82, 2.24) is 5.32 Å². The van der Waals surface area contributed by atoms with Crippen LogP contribution >= 0.6 is 11.8 Å². The third-order valence-electron chi connectivity index (χ3n) is 4.14. The Bertz CT molecular complexity index is 607. The van der Waals surface area contributed by atoms with Crippen molar-refractivity contribution in [3.8, 4) is 0 Å². The smallest absolute Gasteiger partial charge is 0.217 e. The van der Waals surface area contributed by atoms with Crippen molar-refractivity contribution in [2.75, 3.05) is 12.4 Å². The molecule has 2 atom stereocenters. The van der Waals surface area contributed by atoms with Gasteiger partial charge in [0.25, 0.3) is 0 Å². The number of rotatable bonds is 11. The van der Waals surface area contributed by atoms with Crippen LogP contribution in [0.4, 0.5) is 0 Å². The number of benzene rings is 1. The second kappa shape index (κ2) is 11.1. The van der Waals surface area contributed by atoms with Crippen LogP contribution in [0.25, 0.3) is 0 Å². The number of hydrogen-bond donors (Lipinski definition) is 1. The summed E-state index contributed by atoms with van der Waals surface area (Å²) in [5.41, 5.74) is 2.63. The number of ether oxygens (including phenoxy) is 1. The Morgan fingerprint density at radius 3 is 2.31 bits per heavy atom. The molecule has 0 radical (unpaired) electrons. The molecule has 0 saturated carbocycles. The molecule has 1 amide bonds. The Balaban J connectivity index is 2.66. The van der Waals surface area contributed by atoms with Gasteiger partial charge in [0.15, 0.2) is 0 Å². The van der Waals surface area contributed by atoms with Crippen LogP contribution < -0.4 is 5.32 Å². The van der Waals surface area contributed by atoms with Crippen LogP contribution in [-0.2, 0) is 16.0 Å². The molecule has 4 heteroatoms. The zero-order chi connectivity index (χ0) is 19.7. The molecule has 0 spiro atoms. The first-order valence-electron chi connectivity index (χ1n) is 9.23. The third kappa shape index (κ3) is 7.69. The molecule has 0 aliphatic rings. The monoisotopic (exact) mass is 375 g/mol. The van der Waals surface area contributed by atoms with Gasteiger partial charge < -0.3 is 10.1 Å². The molecule has 26 heavy (non-hydrogen) atoms. The van der Waals surface area contributed by atoms with E-state index in [0.29, 0.717) is 24.0 Å². The molecular weight excluding hydrogens is 342 g/mol. The number of allylic oxidation sites excluding steroid dienone is 1. The fourth-order valence-electron chi connectivity index (χ4n) is 2.66. The van der Waals surface area contributed by atoms with E-state index in [4.69, 9.17) is 4.74 Å². The van der Waals surface area contributed by atoms with Gasteiger partial charge in [-0.15, -0.1) is 11.8 Å². The van der Waals surface area contributed by atoms with Gasteiger partial charge in [0.1, 0.15) is 5.76 Å². The average molecular weight is 376 g/mol. The molecule has 144 valence electrons. The molecule has 0 heterocycles. The normalized spacial score (nSPS) is 13.2. The molecule has 1 aromatic rings. The lowest BCUT2D eigenvalue weighted by Crippen LogP contribution is -2.37. The highest BCUT2D eigenvalue weighted by Crippen LogP contribution is 2.32. The number of thioether (sulfide) groups is 1. The predicted molar refractivity (Wildman–Crippen MR) is 113 cm³/mol. The Labute approximate surface area is 163 Å². The highest BCUT2D eigenvalue weighted by molar-refractivity contribution is 8.03. The zero-order valence-electron chi connectivity index (χ0n) is 16.8. The summed E-state index contributed by atoms with van der Waals surface area (Å²) >= 11 is 1.65. The summed E-state index contributed by atoms with van der Waals surface area (Å²) in [7, 11) is 0. The summed E-state index contributed by atoms with van der Waals surface area (Å²) in [5, 5.41) is 2.90. The molecule has 0 saturated heterocycles. The Kier molecular flexibility index (Phi) is 9.57. The number of amides is 1. The topological polar surface area (TPSA) is 38.3 Å². The quantitative estimate of drug-likeness (QED) is 0.534. The van der Waals surface area contributed by atoms with Crippen LogP contribution in [0.3, 0.4) is 0 Å². The van der Waals surface area contributed by atoms with E-state index >= 15 is 0 Å². The van der Waals surface area contributed by atoms with Crippen LogP contribution in [0.2, 0.25) is 0 Å². The molecular formula is C22H33NO2S. The maximum Gasteiger partial charge on any atom is 0.217 e. The van der Waals surface area contributed by atoms with E-state index in [1.807, 2.05) is 6.92 Å². The molecule has 1 rings (SSSR count). The Morgan fingerprint density at radius 2 is 1.81 bits per heavy atom. The molecule has 0 fully saturated rings. The van der Waals surface area contributed by atoms with Crippen molar-refractivity contribution in [2.24, 2.45) is 5.92 Å². The zero-order valence-corrected chi connectivity index (χ0v) is 17.6. The second-order valence-electron chi connectivity index (χ2n) is 6.99. The summed E-state index contributed by atoms with van der Waals surface area (Å²) in [4.78, 5) is 12.5. The minimum Gasteiger partial charge on any atom is -0.497 e. The van der Waals surface area contributed by atoms with Crippen LogP contribution in [0.15, 0.2) is 48.1 Å². The summed E-state index contributed by atoms with van der Waals surface area (Å²) < 4.78 is 5.47. The van der Waals surface area contributed by atoms with E-state index in [9.17, 15) is 4.79 Å². The van der Waals surface area contributed by atoms with Gasteiger partial charge in [0.2, 0.25) is 5.91 Å². The number of nitrogens with one attached hydrogen (secondary N) is 1. The summed E-state index contributed by atoms with van der Waals surface area (Å²) in [5.74, 6) is 2.07. The lowest BCUT2D eigenvalue weighted by molar-refractivity contribution is -0.119. The van der Waals surface area contributed by atoms with Crippen LogP contribution in [0.1, 0.15) is 51.7 Å². The third-order valence-corrected chi connectivity index (χ3v) is 5.36. The van der Waals surface area contributed by atoms with E-state index < -0.39 is 0 Å². The SMILES string of the molecule is C=C(OCC)C(CSC(=C)C(C)c1ccc(CC(C)C)cc1)NC(C)=O. The number of hydrogen-bond acceptors (Lipinski definition) is 3. The average Bonchev–Trinajstić information content (AvgIpc) is 2.57. The van der Waals surface area contributed by atoms with Gasteiger partial charge in [-0.1, -0.05) is 58.2 Å². The van der Waals surface area contributed by atoms with Crippen molar-refractivity contribution >= 4 is 17.7 Å². The van der Waals surface area contributed by atoms with E-state index in [0.717, 1.165) is 11.3 Å². The molecule has 3 nitrogen and oxygen atoms in total. The molecule has 1 aromatic carbocycles. The van der Waals surface area contributed by atoms with Crippen LogP contribution in [0, 0.1) is 5.92 Å². The number of carbonyl (C=O) groups is 1. The van der Waals surface area contributed by atoms with Crippen molar-refractivity contribution in [1.29, 1.82) is 0 Å². The van der Waals surface area contributed by atoms with Gasteiger partial charge in [-0.2, -0.15) is 0 Å². The van der Waals surface area contributed by atoms with Gasteiger partial charge in [-0.3, -0.25) is 4.79 Å². The van der Waals surface area contributed by atoms with Crippen molar-refractivity contribution in [3.05, 3.63) is 59.2 Å². The summed E-state index contributed by atoms with van der Waals surface area (Å²) in [6, 6.07) is 8.59. The van der Waals surface area contributed by atoms with E-state index in [-0.39, 0.29) is 17.9 Å². The first-order chi connectivity index (χ1) is 12.2. The highest BCUT2D eigenvalue weighted by atomic mass is 32.2. The standard InChI is InChI=1S/C22H33NO2S/c1-8-25-17(5)22(23-19(7)24)14-26-18(6)16(4)21-11-9-20(10-12-21)13-15(2)3/h9-12,15-16,22H,5-6,8,13-14H2,1-4,7H3,(H,23,24). The van der Waals surface area contributed by atoms with Crippen molar-refractivity contribution in [2.45, 2.75) is 53.0 Å². The predicted octanol–water partition coefficient (Wildman–Crippen LogP) is 5.29. The largest absolute Gasteiger partial charge is 0.497 e. The summed E-state index contributed by atoms with van der Waals surface area (Å²) in [6.45, 7) is 18.8. The van der Waals surface area contributed by atoms with E-state index in [1.165, 1.54) is 18.1 Å². The molecule has 0 aromatic heterocycles. The molecule has 0 bridgehead atoms. The van der Waals surface area contributed by atoms with Gasteiger partial charge in [-0.25, -0.2) is 0 Å². The van der Waals surface area contributed by atoms with Crippen molar-refractivity contribution in [3.63, 3.8) is 0 Å². The van der Waals surface area contributed by atoms with Crippen LogP contribution in [0.5, 0.6) is 0 Å². The molecule has 2 unspecified atom stereocenters. The lowest BCUT2D eigenvalue weighted by atomic mass is 9.97. The maximum absolute atomic E-state index is 11.4. The molecule has 0 aliphatic carbocycles. The first kappa shape index (κ1) is 22.4. The maximum atomic E-state index is 11.4. The van der Waals surface area contributed by atoms with E-state index in [1.54, 1.807) is 11.8 Å². The Morgan fingerprint density at radius 1 is 1.19 bits per heavy atom. The molecule has 1 N–H and O–H groups in total. The van der Waals surface area contributed by atoms with Crippen LogP contribution in [-0.4, -0.2) is 24.3 Å². The van der Waals surface area contributed by atoms with E-state index in [2.05, 4.69) is 63.5 Å². The minimum atomic E-state index is -0.213. The van der Waals surface area contributed by atoms with Crippen molar-refractivity contribution < 1.29 is 9.53 Å². The lowest BCUT2D eigenvalue weighted by Gasteiger charge is -2.22. The highest BCUT2D eigenvalue weighted by Gasteiger charge is 2.18. The van der Waals surface area contributed by atoms with Gasteiger partial charge in [-0.05, 0) is 35.3 Å². The first-order valence-corrected chi connectivity index (χ1v) is 10.2. The van der Waals surface area contributed by atoms with Gasteiger partial charge >= 0.3 is 0 Å². The van der Waals surface area contributed by atoms with Gasteiger partial charge in [0.05, 0.1) is 12.6 Å². The van der Waals surface area contributed by atoms with Gasteiger partial charge in [0, 0.05) is 18.6 Å².